The fourth-order valence-corrected chi connectivity index (χ4v) is 5.52. The van der Waals surface area contributed by atoms with E-state index < -0.39 is 0 Å². The minimum Gasteiger partial charge on any atom is -0.346 e. The fourth-order valence-electron chi connectivity index (χ4n) is 4.45. The number of nitrogens with zero attached hydrogens (tertiary/aromatic N) is 3. The first-order valence-corrected chi connectivity index (χ1v) is 13.2. The predicted octanol–water partition coefficient (Wildman–Crippen LogP) is 6.81. The molecule has 1 saturated carbocycles. The highest BCUT2D eigenvalue weighted by molar-refractivity contribution is 7.98. The Morgan fingerprint density at radius 2 is 1.94 bits per heavy atom. The number of hydrogen-bond donors (Lipinski definition) is 1. The molecular weight excluding hydrogens is 471 g/mol. The SMILES string of the molecule is Cc1ccc(Cl)cc1-n1c(SCc2ccc(F)cc2)nnc1C(C)NC(=O)CCC1CCCC1. The van der Waals surface area contributed by atoms with Crippen molar-refractivity contribution in [2.45, 2.75) is 69.3 Å². The molecule has 180 valence electrons. The Hall–Kier alpha value is -2.38. The maximum atomic E-state index is 13.3. The molecule has 34 heavy (non-hydrogen) atoms. The van der Waals surface area contributed by atoms with Crippen LogP contribution in [0.25, 0.3) is 5.69 Å². The van der Waals surface area contributed by atoms with Gasteiger partial charge in [-0.2, -0.15) is 0 Å². The van der Waals surface area contributed by atoms with Crippen molar-refractivity contribution >= 4 is 29.3 Å². The molecule has 0 aliphatic heterocycles. The average molecular weight is 501 g/mol. The fraction of sp³-hybridized carbons (Fsp3) is 0.423. The highest BCUT2D eigenvalue weighted by atomic mass is 35.5. The van der Waals surface area contributed by atoms with Crippen molar-refractivity contribution < 1.29 is 9.18 Å². The molecule has 0 spiro atoms. The number of rotatable bonds is 9. The Morgan fingerprint density at radius 1 is 1.21 bits per heavy atom. The molecule has 0 bridgehead atoms. The average Bonchev–Trinajstić information content (AvgIpc) is 3.49. The van der Waals surface area contributed by atoms with Crippen LogP contribution in [0.2, 0.25) is 5.02 Å². The monoisotopic (exact) mass is 500 g/mol. The molecule has 2 aromatic carbocycles. The number of carbonyl (C=O) groups is 1. The van der Waals surface area contributed by atoms with Crippen LogP contribution >= 0.6 is 23.4 Å². The van der Waals surface area contributed by atoms with E-state index in [2.05, 4.69) is 15.5 Å². The summed E-state index contributed by atoms with van der Waals surface area (Å²) in [6.45, 7) is 3.94. The van der Waals surface area contributed by atoms with E-state index in [-0.39, 0.29) is 17.8 Å². The summed E-state index contributed by atoms with van der Waals surface area (Å²) in [4.78, 5) is 12.7. The van der Waals surface area contributed by atoms with Gasteiger partial charge in [-0.05, 0) is 61.6 Å². The third-order valence-corrected chi connectivity index (χ3v) is 7.61. The topological polar surface area (TPSA) is 59.8 Å². The molecule has 1 heterocycles. The van der Waals surface area contributed by atoms with Gasteiger partial charge in [0, 0.05) is 17.2 Å². The lowest BCUT2D eigenvalue weighted by molar-refractivity contribution is -0.122. The minimum atomic E-state index is -0.317. The summed E-state index contributed by atoms with van der Waals surface area (Å²) in [6.07, 6.45) is 6.51. The van der Waals surface area contributed by atoms with E-state index in [0.29, 0.717) is 34.1 Å². The Labute approximate surface area is 209 Å². The Balaban J connectivity index is 1.55. The van der Waals surface area contributed by atoms with E-state index in [0.717, 1.165) is 23.2 Å². The smallest absolute Gasteiger partial charge is 0.220 e. The molecule has 5 nitrogen and oxygen atoms in total. The van der Waals surface area contributed by atoms with Crippen LogP contribution in [0.5, 0.6) is 0 Å². The van der Waals surface area contributed by atoms with Gasteiger partial charge in [-0.1, -0.05) is 67.2 Å². The summed E-state index contributed by atoms with van der Waals surface area (Å²) in [5.41, 5.74) is 2.88. The molecule has 3 aromatic rings. The minimum absolute atomic E-state index is 0.0391. The van der Waals surface area contributed by atoms with E-state index in [1.54, 1.807) is 12.1 Å². The van der Waals surface area contributed by atoms with Gasteiger partial charge in [0.05, 0.1) is 11.7 Å². The molecular formula is C26H30ClFN4OS. The first-order valence-electron chi connectivity index (χ1n) is 11.8. The Kier molecular flexibility index (Phi) is 8.27. The van der Waals surface area contributed by atoms with Crippen LogP contribution < -0.4 is 5.32 Å². The Bertz CT molecular complexity index is 1130. The molecule has 1 aliphatic carbocycles. The predicted molar refractivity (Wildman–Crippen MR) is 135 cm³/mol. The van der Waals surface area contributed by atoms with Gasteiger partial charge in [0.2, 0.25) is 5.91 Å². The van der Waals surface area contributed by atoms with E-state index in [9.17, 15) is 9.18 Å². The number of aromatic nitrogens is 3. The molecule has 0 saturated heterocycles. The van der Waals surface area contributed by atoms with Crippen LogP contribution in [0.1, 0.15) is 68.4 Å². The third kappa shape index (κ3) is 6.19. The third-order valence-electron chi connectivity index (χ3n) is 6.37. The van der Waals surface area contributed by atoms with E-state index in [4.69, 9.17) is 11.6 Å². The van der Waals surface area contributed by atoms with Gasteiger partial charge < -0.3 is 5.32 Å². The molecule has 1 N–H and O–H groups in total. The van der Waals surface area contributed by atoms with E-state index >= 15 is 0 Å². The van der Waals surface area contributed by atoms with Crippen molar-refractivity contribution in [3.8, 4) is 5.69 Å². The quantitative estimate of drug-likeness (QED) is 0.328. The first-order chi connectivity index (χ1) is 16.4. The normalized spacial score (nSPS) is 14.9. The van der Waals surface area contributed by atoms with Crippen LogP contribution in [0.3, 0.4) is 0 Å². The van der Waals surface area contributed by atoms with Gasteiger partial charge in [0.1, 0.15) is 5.82 Å². The number of halogens is 2. The lowest BCUT2D eigenvalue weighted by Gasteiger charge is -2.18. The van der Waals surface area contributed by atoms with E-state index in [1.165, 1.54) is 49.6 Å². The highest BCUT2D eigenvalue weighted by Crippen LogP contribution is 2.31. The van der Waals surface area contributed by atoms with Crippen LogP contribution in [0.4, 0.5) is 4.39 Å². The van der Waals surface area contributed by atoms with Crippen molar-refractivity contribution in [1.29, 1.82) is 0 Å². The van der Waals surface area contributed by atoms with Crippen molar-refractivity contribution in [3.63, 3.8) is 0 Å². The molecule has 1 fully saturated rings. The Morgan fingerprint density at radius 3 is 2.68 bits per heavy atom. The van der Waals surface area contributed by atoms with Gasteiger partial charge >= 0.3 is 0 Å². The van der Waals surface area contributed by atoms with Crippen molar-refractivity contribution in [1.82, 2.24) is 20.1 Å². The molecule has 1 atom stereocenters. The first kappa shape index (κ1) is 24.7. The zero-order valence-corrected chi connectivity index (χ0v) is 21.1. The lowest BCUT2D eigenvalue weighted by atomic mass is 10.0. The maximum Gasteiger partial charge on any atom is 0.220 e. The maximum absolute atomic E-state index is 13.3. The number of nitrogens with one attached hydrogen (secondary N) is 1. The number of thioether (sulfide) groups is 1. The second-order valence-electron chi connectivity index (χ2n) is 9.00. The van der Waals surface area contributed by atoms with Crippen LogP contribution in [0.15, 0.2) is 47.6 Å². The molecule has 1 amide bonds. The van der Waals surface area contributed by atoms with Gasteiger partial charge in [-0.15, -0.1) is 10.2 Å². The lowest BCUT2D eigenvalue weighted by Crippen LogP contribution is -2.28. The molecule has 1 unspecified atom stereocenters. The van der Waals surface area contributed by atoms with Gasteiger partial charge in [-0.3, -0.25) is 9.36 Å². The summed E-state index contributed by atoms with van der Waals surface area (Å²) < 4.78 is 15.2. The zero-order chi connectivity index (χ0) is 24.1. The number of carbonyl (C=O) groups excluding carboxylic acids is 1. The molecule has 8 heteroatoms. The highest BCUT2D eigenvalue weighted by Gasteiger charge is 2.23. The second-order valence-corrected chi connectivity index (χ2v) is 10.4. The molecule has 1 aliphatic rings. The van der Waals surface area contributed by atoms with Crippen molar-refractivity contribution in [2.24, 2.45) is 5.92 Å². The van der Waals surface area contributed by atoms with Gasteiger partial charge in [-0.25, -0.2) is 4.39 Å². The number of benzene rings is 2. The largest absolute Gasteiger partial charge is 0.346 e. The second kappa shape index (κ2) is 11.4. The van der Waals surface area contributed by atoms with Crippen LogP contribution in [-0.2, 0) is 10.5 Å². The molecule has 0 radical (unpaired) electrons. The van der Waals surface area contributed by atoms with Gasteiger partial charge in [0.15, 0.2) is 11.0 Å². The van der Waals surface area contributed by atoms with Crippen LogP contribution in [-0.4, -0.2) is 20.7 Å². The standard InChI is InChI=1S/C26H30ClFN4OS/c1-17-7-11-21(27)15-23(17)32-25(18(2)29-24(33)14-10-19-5-3-4-6-19)30-31-26(32)34-16-20-8-12-22(28)13-9-20/h7-9,11-13,15,18-19H,3-6,10,14,16H2,1-2H3,(H,29,33). The summed E-state index contributed by atoms with van der Waals surface area (Å²) in [5, 5.41) is 13.3. The summed E-state index contributed by atoms with van der Waals surface area (Å²) >= 11 is 7.84. The van der Waals surface area contributed by atoms with Gasteiger partial charge in [0.25, 0.3) is 0 Å². The summed E-state index contributed by atoms with van der Waals surface area (Å²) in [5.74, 6) is 1.72. The number of amides is 1. The zero-order valence-electron chi connectivity index (χ0n) is 19.6. The number of aryl methyl sites for hydroxylation is 1. The number of hydrogen-bond acceptors (Lipinski definition) is 4. The van der Waals surface area contributed by atoms with Crippen molar-refractivity contribution in [2.75, 3.05) is 0 Å². The van der Waals surface area contributed by atoms with Crippen LogP contribution in [0, 0.1) is 18.7 Å². The van der Waals surface area contributed by atoms with Crippen molar-refractivity contribution in [3.05, 3.63) is 70.3 Å². The van der Waals surface area contributed by atoms with E-state index in [1.807, 2.05) is 36.6 Å². The summed E-state index contributed by atoms with van der Waals surface area (Å²) in [7, 11) is 0. The molecule has 4 rings (SSSR count). The molecule has 1 aromatic heterocycles. The summed E-state index contributed by atoms with van der Waals surface area (Å²) in [6, 6.07) is 11.8.